The fraction of sp³-hybridized carbons (Fsp3) is 0.520. The molecule has 0 radical (unpaired) electrons. The lowest BCUT2D eigenvalue weighted by Crippen LogP contribution is -2.50. The average Bonchev–Trinajstić information content (AvgIpc) is 3.21. The van der Waals surface area contributed by atoms with Crippen LogP contribution in [0.5, 0.6) is 5.75 Å². The van der Waals surface area contributed by atoms with E-state index in [9.17, 15) is 13.2 Å². The number of hydrogen-bond donors (Lipinski definition) is 4. The standard InChI is InChI=1S/C25H31F3N6O/c1-24(2)10-9-14(11-32-24)33-23-31-13-18(25(26,27)28)20(34-23)17-12-30-21-16(17)7-8-19(29-3)22(21)35-15-5-4-6-15/h7-8,12-15,29-30,32H,4-6,9-11H2,1-3H3,(H,31,33,34). The van der Waals surface area contributed by atoms with Crippen molar-refractivity contribution in [2.24, 2.45) is 0 Å². The molecule has 1 aliphatic carbocycles. The summed E-state index contributed by atoms with van der Waals surface area (Å²) in [5.41, 5.74) is 0.815. The van der Waals surface area contributed by atoms with Crippen molar-refractivity contribution in [3.05, 3.63) is 30.1 Å². The zero-order valence-electron chi connectivity index (χ0n) is 20.1. The zero-order valence-corrected chi connectivity index (χ0v) is 20.1. The highest BCUT2D eigenvalue weighted by Gasteiger charge is 2.37. The van der Waals surface area contributed by atoms with Crippen molar-refractivity contribution in [2.45, 2.75) is 69.8 Å². The fourth-order valence-electron chi connectivity index (χ4n) is 4.64. The molecule has 1 saturated heterocycles. The van der Waals surface area contributed by atoms with Gasteiger partial charge in [0.1, 0.15) is 5.56 Å². The molecule has 1 atom stereocenters. The Bertz CT molecular complexity index is 1210. The number of aromatic nitrogens is 3. The Morgan fingerprint density at radius 1 is 1.17 bits per heavy atom. The Morgan fingerprint density at radius 2 is 1.97 bits per heavy atom. The number of alkyl halides is 3. The molecular formula is C25H31F3N6O. The summed E-state index contributed by atoms with van der Waals surface area (Å²) in [4.78, 5) is 11.5. The van der Waals surface area contributed by atoms with Gasteiger partial charge in [0, 0.05) is 48.5 Å². The van der Waals surface area contributed by atoms with Gasteiger partial charge in [0.05, 0.1) is 23.0 Å². The van der Waals surface area contributed by atoms with Crippen molar-refractivity contribution >= 4 is 22.5 Å². The number of hydrogen-bond acceptors (Lipinski definition) is 6. The predicted molar refractivity (Wildman–Crippen MR) is 131 cm³/mol. The molecule has 2 aromatic heterocycles. The van der Waals surface area contributed by atoms with Gasteiger partial charge in [0.25, 0.3) is 0 Å². The van der Waals surface area contributed by atoms with Gasteiger partial charge < -0.3 is 25.7 Å². The average molecular weight is 489 g/mol. The molecule has 4 N–H and O–H groups in total. The third-order valence-corrected chi connectivity index (χ3v) is 7.04. The molecule has 2 fully saturated rings. The van der Waals surface area contributed by atoms with Crippen LogP contribution in [0, 0.1) is 0 Å². The number of aromatic amines is 1. The van der Waals surface area contributed by atoms with E-state index < -0.39 is 11.7 Å². The third kappa shape index (κ3) is 4.76. The van der Waals surface area contributed by atoms with Crippen LogP contribution >= 0.6 is 0 Å². The van der Waals surface area contributed by atoms with E-state index in [-0.39, 0.29) is 29.3 Å². The minimum absolute atomic E-state index is 0.0382. The summed E-state index contributed by atoms with van der Waals surface area (Å²) in [5.74, 6) is 0.810. The number of piperidine rings is 1. The first kappa shape index (κ1) is 23.7. The Labute approximate surface area is 202 Å². The van der Waals surface area contributed by atoms with Gasteiger partial charge in [0.2, 0.25) is 5.95 Å². The lowest BCUT2D eigenvalue weighted by Gasteiger charge is -2.36. The number of anilines is 2. The van der Waals surface area contributed by atoms with E-state index in [1.807, 2.05) is 6.07 Å². The van der Waals surface area contributed by atoms with Crippen LogP contribution in [0.4, 0.5) is 24.8 Å². The minimum Gasteiger partial charge on any atom is -0.486 e. The largest absolute Gasteiger partial charge is 0.486 e. The zero-order chi connectivity index (χ0) is 24.8. The molecule has 10 heteroatoms. The van der Waals surface area contributed by atoms with Crippen LogP contribution < -0.4 is 20.7 Å². The molecule has 1 unspecified atom stereocenters. The normalized spacial score (nSPS) is 20.5. The van der Waals surface area contributed by atoms with Gasteiger partial charge in [-0.3, -0.25) is 0 Å². The van der Waals surface area contributed by atoms with Crippen molar-refractivity contribution in [2.75, 3.05) is 24.2 Å². The molecular weight excluding hydrogens is 457 g/mol. The van der Waals surface area contributed by atoms with Gasteiger partial charge >= 0.3 is 6.18 Å². The summed E-state index contributed by atoms with van der Waals surface area (Å²) in [7, 11) is 1.80. The van der Waals surface area contributed by atoms with Gasteiger partial charge in [-0.25, -0.2) is 9.97 Å². The smallest absolute Gasteiger partial charge is 0.419 e. The van der Waals surface area contributed by atoms with Gasteiger partial charge in [-0.05, 0) is 58.1 Å². The van der Waals surface area contributed by atoms with Crippen LogP contribution in [0.3, 0.4) is 0 Å². The highest BCUT2D eigenvalue weighted by molar-refractivity contribution is 6.01. The van der Waals surface area contributed by atoms with E-state index in [1.165, 1.54) is 0 Å². The highest BCUT2D eigenvalue weighted by Crippen LogP contribution is 2.43. The Hall–Kier alpha value is -3.01. The van der Waals surface area contributed by atoms with Gasteiger partial charge in [-0.1, -0.05) is 0 Å². The van der Waals surface area contributed by atoms with E-state index in [4.69, 9.17) is 4.74 Å². The van der Waals surface area contributed by atoms with E-state index in [0.717, 1.165) is 44.0 Å². The monoisotopic (exact) mass is 488 g/mol. The van der Waals surface area contributed by atoms with Crippen LogP contribution in [0.15, 0.2) is 24.5 Å². The highest BCUT2D eigenvalue weighted by atomic mass is 19.4. The van der Waals surface area contributed by atoms with Crippen LogP contribution in [-0.2, 0) is 6.18 Å². The number of benzene rings is 1. The first-order valence-electron chi connectivity index (χ1n) is 12.1. The molecule has 1 aromatic carbocycles. The number of fused-ring (bicyclic) bond motifs is 1. The third-order valence-electron chi connectivity index (χ3n) is 7.04. The van der Waals surface area contributed by atoms with Crippen molar-refractivity contribution in [3.8, 4) is 17.0 Å². The molecule has 0 spiro atoms. The van der Waals surface area contributed by atoms with Crippen LogP contribution in [0.1, 0.15) is 51.5 Å². The molecule has 2 aliphatic rings. The number of ether oxygens (including phenoxy) is 1. The van der Waals surface area contributed by atoms with Gasteiger partial charge in [-0.2, -0.15) is 13.2 Å². The van der Waals surface area contributed by atoms with Crippen LogP contribution in [0.25, 0.3) is 22.2 Å². The van der Waals surface area contributed by atoms with E-state index in [1.54, 1.807) is 19.3 Å². The molecule has 35 heavy (non-hydrogen) atoms. The first-order valence-corrected chi connectivity index (χ1v) is 12.1. The first-order chi connectivity index (χ1) is 16.6. The summed E-state index contributed by atoms with van der Waals surface area (Å²) < 4.78 is 48.2. The molecule has 0 amide bonds. The molecule has 1 aliphatic heterocycles. The Kier molecular flexibility index (Phi) is 6.03. The van der Waals surface area contributed by atoms with E-state index >= 15 is 0 Å². The summed E-state index contributed by atoms with van der Waals surface area (Å²) in [6.45, 7) is 4.96. The van der Waals surface area contributed by atoms with E-state index in [2.05, 4.69) is 44.7 Å². The molecule has 0 bridgehead atoms. The lowest BCUT2D eigenvalue weighted by atomic mass is 9.91. The number of nitrogens with zero attached hydrogens (tertiary/aromatic N) is 2. The Balaban J connectivity index is 1.54. The fourth-order valence-corrected chi connectivity index (χ4v) is 4.64. The molecule has 1 saturated carbocycles. The maximum Gasteiger partial charge on any atom is 0.419 e. The second kappa shape index (κ2) is 8.89. The summed E-state index contributed by atoms with van der Waals surface area (Å²) in [6, 6.07) is 3.66. The topological polar surface area (TPSA) is 86.9 Å². The number of halogens is 3. The second-order valence-electron chi connectivity index (χ2n) is 10.1. The van der Waals surface area contributed by atoms with Crippen molar-refractivity contribution in [1.82, 2.24) is 20.3 Å². The Morgan fingerprint density at radius 3 is 2.60 bits per heavy atom. The molecule has 3 heterocycles. The second-order valence-corrected chi connectivity index (χ2v) is 10.1. The van der Waals surface area contributed by atoms with Crippen LogP contribution in [0.2, 0.25) is 0 Å². The van der Waals surface area contributed by atoms with Crippen molar-refractivity contribution < 1.29 is 17.9 Å². The molecule has 7 nitrogen and oxygen atoms in total. The lowest BCUT2D eigenvalue weighted by molar-refractivity contribution is -0.137. The minimum atomic E-state index is -4.59. The number of nitrogens with one attached hydrogen (secondary N) is 4. The summed E-state index contributed by atoms with van der Waals surface area (Å²) in [5, 5.41) is 10.4. The number of H-pyrrole nitrogens is 1. The predicted octanol–water partition coefficient (Wildman–Crippen LogP) is 5.56. The van der Waals surface area contributed by atoms with Crippen molar-refractivity contribution in [1.29, 1.82) is 0 Å². The van der Waals surface area contributed by atoms with Gasteiger partial charge in [-0.15, -0.1) is 0 Å². The maximum absolute atomic E-state index is 14.0. The summed E-state index contributed by atoms with van der Waals surface area (Å²) in [6.07, 6.45) is 2.85. The number of rotatable bonds is 6. The maximum atomic E-state index is 14.0. The molecule has 188 valence electrons. The molecule has 5 rings (SSSR count). The van der Waals surface area contributed by atoms with E-state index in [0.29, 0.717) is 28.8 Å². The van der Waals surface area contributed by atoms with Crippen LogP contribution in [-0.4, -0.2) is 46.2 Å². The van der Waals surface area contributed by atoms with Crippen molar-refractivity contribution in [3.63, 3.8) is 0 Å². The quantitative estimate of drug-likeness (QED) is 0.364. The SMILES string of the molecule is CNc1ccc2c(-c3nc(NC4CCC(C)(C)NC4)ncc3C(F)(F)F)c[nH]c2c1OC1CCC1. The van der Waals surface area contributed by atoms with Gasteiger partial charge in [0.15, 0.2) is 5.75 Å². The molecule has 3 aromatic rings. The summed E-state index contributed by atoms with van der Waals surface area (Å²) >= 11 is 0.